The van der Waals surface area contributed by atoms with Gasteiger partial charge in [0.05, 0.1) is 0 Å². The van der Waals surface area contributed by atoms with E-state index in [2.05, 4.69) is 102 Å². The summed E-state index contributed by atoms with van der Waals surface area (Å²) in [6.45, 7) is 0. The number of hydrogen-bond acceptors (Lipinski definition) is 3. The molecule has 3 nitrogen and oxygen atoms in total. The van der Waals surface area contributed by atoms with Crippen LogP contribution in [0.2, 0.25) is 5.76 Å². The van der Waals surface area contributed by atoms with Gasteiger partial charge in [0.15, 0.2) is 0 Å². The van der Waals surface area contributed by atoms with E-state index >= 15 is 0 Å². The number of ether oxygens (including phenoxy) is 2. The molecule has 156 valence electrons. The maximum absolute atomic E-state index is 6.53. The van der Waals surface area contributed by atoms with Crippen LogP contribution in [0.15, 0.2) is 97.1 Å². The molecule has 0 radical (unpaired) electrons. The van der Waals surface area contributed by atoms with Crippen LogP contribution in [0.5, 0.6) is 23.0 Å². The monoisotopic (exact) mass is 487 g/mol. The first kappa shape index (κ1) is 17.8. The van der Waals surface area contributed by atoms with Gasteiger partial charge < -0.3 is 0 Å². The Morgan fingerprint density at radius 1 is 0.515 bits per heavy atom. The van der Waals surface area contributed by atoms with Gasteiger partial charge in [-0.1, -0.05) is 0 Å². The van der Waals surface area contributed by atoms with Crippen LogP contribution in [0.3, 0.4) is 0 Å². The first-order valence-corrected chi connectivity index (χ1v) is 16.5. The molecule has 0 atom stereocenters. The predicted octanol–water partition coefficient (Wildman–Crippen LogP) is 5.93. The molecule has 0 N–H and O–H groups in total. The first-order chi connectivity index (χ1) is 16.2. The fourth-order valence-corrected chi connectivity index (χ4v) is 16.0. The number of benzene rings is 5. The SMILES string of the molecule is [CH3][Ge]12[c]3c4cccc3Oc3cccc([c]31)N(c1cccc3ccccc13)c1cccc([c]12)O4. The van der Waals surface area contributed by atoms with E-state index in [1.165, 1.54) is 41.0 Å². The van der Waals surface area contributed by atoms with Crippen molar-refractivity contribution in [2.75, 3.05) is 4.90 Å². The molecule has 3 aliphatic heterocycles. The van der Waals surface area contributed by atoms with E-state index in [0.717, 1.165) is 23.0 Å². The van der Waals surface area contributed by atoms with Crippen molar-refractivity contribution in [2.45, 2.75) is 5.76 Å². The molecule has 0 spiro atoms. The molecule has 0 unspecified atom stereocenters. The third-order valence-electron chi connectivity index (χ3n) is 7.43. The van der Waals surface area contributed by atoms with Gasteiger partial charge in [-0.15, -0.1) is 0 Å². The Labute approximate surface area is 194 Å². The standard InChI is InChI=1S/C29H19GeNO2/c1-30-27-21-12-5-14-23(27)32-25-16-7-17-26(29(25)30)33-24-15-6-13-22(28(24)30)31(21)20-11-4-9-18-8-2-3-10-19(18)20/h2-17H,1H3. The third-order valence-corrected chi connectivity index (χ3v) is 16.9. The second-order valence-corrected chi connectivity index (χ2v) is 17.0. The molecule has 0 bridgehead atoms. The van der Waals surface area contributed by atoms with Crippen molar-refractivity contribution < 1.29 is 9.47 Å². The molecule has 0 saturated carbocycles. The maximum atomic E-state index is 6.53. The van der Waals surface area contributed by atoms with E-state index in [-0.39, 0.29) is 0 Å². The van der Waals surface area contributed by atoms with Crippen LogP contribution in [0.1, 0.15) is 0 Å². The van der Waals surface area contributed by atoms with Crippen LogP contribution >= 0.6 is 0 Å². The van der Waals surface area contributed by atoms with Crippen LogP contribution in [0.25, 0.3) is 10.8 Å². The van der Waals surface area contributed by atoms with Crippen molar-refractivity contribution in [1.82, 2.24) is 0 Å². The van der Waals surface area contributed by atoms with Gasteiger partial charge in [0.25, 0.3) is 0 Å². The summed E-state index contributed by atoms with van der Waals surface area (Å²) in [7, 11) is 0. The molecule has 0 fully saturated rings. The number of nitrogens with zero attached hydrogens (tertiary/aromatic N) is 1. The second-order valence-electron chi connectivity index (χ2n) is 9.09. The minimum atomic E-state index is -3.03. The minimum absolute atomic E-state index is 0.957. The van der Waals surface area contributed by atoms with E-state index in [1.807, 2.05) is 6.07 Å². The van der Waals surface area contributed by atoms with Crippen molar-refractivity contribution in [3.05, 3.63) is 97.1 Å². The van der Waals surface area contributed by atoms with Gasteiger partial charge in [0, 0.05) is 0 Å². The number of hydrogen-bond donors (Lipinski definition) is 0. The fourth-order valence-electron chi connectivity index (χ4n) is 6.17. The van der Waals surface area contributed by atoms with Gasteiger partial charge >= 0.3 is 194 Å². The summed E-state index contributed by atoms with van der Waals surface area (Å²) in [4.78, 5) is 2.43. The zero-order valence-corrected chi connectivity index (χ0v) is 20.1. The molecule has 0 amide bonds. The normalized spacial score (nSPS) is 15.5. The van der Waals surface area contributed by atoms with E-state index in [1.54, 1.807) is 0 Å². The summed E-state index contributed by atoms with van der Waals surface area (Å²) >= 11 is -3.03. The van der Waals surface area contributed by atoms with Crippen molar-refractivity contribution in [3.8, 4) is 23.0 Å². The van der Waals surface area contributed by atoms with E-state index in [4.69, 9.17) is 9.47 Å². The van der Waals surface area contributed by atoms with Crippen molar-refractivity contribution in [1.29, 1.82) is 0 Å². The molecule has 3 aliphatic rings. The third kappa shape index (κ3) is 2.07. The van der Waals surface area contributed by atoms with Gasteiger partial charge in [0.1, 0.15) is 0 Å². The fraction of sp³-hybridized carbons (Fsp3) is 0.0345. The van der Waals surface area contributed by atoms with Crippen molar-refractivity contribution >= 4 is 54.3 Å². The molecule has 4 heteroatoms. The first-order valence-electron chi connectivity index (χ1n) is 11.3. The Hall–Kier alpha value is -3.70. The van der Waals surface area contributed by atoms with Crippen LogP contribution < -0.4 is 27.6 Å². The molecule has 0 saturated heterocycles. The van der Waals surface area contributed by atoms with E-state index in [9.17, 15) is 0 Å². The quantitative estimate of drug-likeness (QED) is 0.269. The Kier molecular flexibility index (Phi) is 3.24. The van der Waals surface area contributed by atoms with Crippen molar-refractivity contribution in [2.24, 2.45) is 0 Å². The molecule has 8 rings (SSSR count). The number of rotatable bonds is 1. The predicted molar refractivity (Wildman–Crippen MR) is 136 cm³/mol. The van der Waals surface area contributed by atoms with E-state index < -0.39 is 13.3 Å². The Bertz CT molecular complexity index is 1580. The molecular weight excluding hydrogens is 467 g/mol. The van der Waals surface area contributed by atoms with Crippen LogP contribution in [-0.2, 0) is 0 Å². The van der Waals surface area contributed by atoms with E-state index in [0.29, 0.717) is 0 Å². The average molecular weight is 486 g/mol. The zero-order chi connectivity index (χ0) is 21.7. The van der Waals surface area contributed by atoms with Crippen LogP contribution in [0, 0.1) is 0 Å². The summed E-state index contributed by atoms with van der Waals surface area (Å²) in [6.07, 6.45) is 0. The topological polar surface area (TPSA) is 21.7 Å². The summed E-state index contributed by atoms with van der Waals surface area (Å²) in [5.41, 5.74) is 3.65. The molecular formula is C29H19GeNO2. The van der Waals surface area contributed by atoms with Gasteiger partial charge in [-0.05, 0) is 0 Å². The van der Waals surface area contributed by atoms with Gasteiger partial charge in [-0.2, -0.15) is 0 Å². The van der Waals surface area contributed by atoms with Crippen molar-refractivity contribution in [3.63, 3.8) is 0 Å². The molecule has 3 heterocycles. The summed E-state index contributed by atoms with van der Waals surface area (Å²) in [6, 6.07) is 34.4. The van der Waals surface area contributed by atoms with Gasteiger partial charge in [-0.3, -0.25) is 0 Å². The molecule has 5 aromatic carbocycles. The second kappa shape index (κ2) is 6.00. The molecule has 0 aliphatic carbocycles. The van der Waals surface area contributed by atoms with Gasteiger partial charge in [0.2, 0.25) is 0 Å². The zero-order valence-electron chi connectivity index (χ0n) is 18.0. The van der Waals surface area contributed by atoms with Crippen LogP contribution in [0.4, 0.5) is 17.1 Å². The Morgan fingerprint density at radius 3 is 1.67 bits per heavy atom. The summed E-state index contributed by atoms with van der Waals surface area (Å²) in [5, 5.41) is 2.47. The summed E-state index contributed by atoms with van der Waals surface area (Å²) < 4.78 is 17.1. The summed E-state index contributed by atoms with van der Waals surface area (Å²) in [5.74, 6) is 6.41. The number of anilines is 3. The molecule has 33 heavy (non-hydrogen) atoms. The van der Waals surface area contributed by atoms with Gasteiger partial charge in [-0.25, -0.2) is 0 Å². The Morgan fingerprint density at radius 2 is 1.00 bits per heavy atom. The van der Waals surface area contributed by atoms with Crippen LogP contribution in [-0.4, -0.2) is 13.3 Å². The average Bonchev–Trinajstić information content (AvgIpc) is 2.84. The molecule has 5 aromatic rings. The Balaban J connectivity index is 1.55. The molecule has 0 aromatic heterocycles. The number of fused-ring (bicyclic) bond motifs is 1.